The van der Waals surface area contributed by atoms with Crippen LogP contribution in [0, 0.1) is 0 Å². The van der Waals surface area contributed by atoms with Gasteiger partial charge in [0.25, 0.3) is 0 Å². The predicted octanol–water partition coefficient (Wildman–Crippen LogP) is 1.79. The minimum Gasteiger partial charge on any atom is -0.412 e. The summed E-state index contributed by atoms with van der Waals surface area (Å²) in [6, 6.07) is 8.05. The molecule has 4 aromatic heterocycles. The molecule has 0 spiro atoms. The molecule has 0 atom stereocenters. The highest BCUT2D eigenvalue weighted by molar-refractivity contribution is 5.78. The zero-order valence-corrected chi connectivity index (χ0v) is 9.95. The number of hydrogen-bond acceptors (Lipinski definition) is 3. The van der Waals surface area contributed by atoms with E-state index >= 15 is 0 Å². The average molecular weight is 249 g/mol. The fourth-order valence-electron chi connectivity index (χ4n) is 2.83. The molecule has 0 saturated heterocycles. The second-order valence-electron chi connectivity index (χ2n) is 4.71. The molecule has 0 N–H and O–H groups in total. The van der Waals surface area contributed by atoms with Crippen molar-refractivity contribution in [2.75, 3.05) is 0 Å². The SMILES string of the molecule is c1cnc2c(c1)C[n+]1c-2oc2cc3ccncn3c21. The van der Waals surface area contributed by atoms with Crippen LogP contribution in [0.15, 0.2) is 47.4 Å². The molecule has 90 valence electrons. The van der Waals surface area contributed by atoms with Gasteiger partial charge < -0.3 is 4.42 Å². The number of rotatable bonds is 0. The molecule has 1 aliphatic heterocycles. The molecule has 5 heteroatoms. The number of nitrogens with zero attached hydrogens (tertiary/aromatic N) is 4. The van der Waals surface area contributed by atoms with Gasteiger partial charge in [-0.3, -0.25) is 0 Å². The third kappa shape index (κ3) is 1.03. The van der Waals surface area contributed by atoms with Gasteiger partial charge in [0.2, 0.25) is 5.58 Å². The van der Waals surface area contributed by atoms with E-state index in [1.165, 1.54) is 5.56 Å². The van der Waals surface area contributed by atoms with Gasteiger partial charge in [0.15, 0.2) is 12.0 Å². The molecule has 5 rings (SSSR count). The third-order valence-electron chi connectivity index (χ3n) is 3.65. The highest BCUT2D eigenvalue weighted by atomic mass is 16.4. The van der Waals surface area contributed by atoms with Crippen molar-refractivity contribution >= 4 is 16.7 Å². The smallest absolute Gasteiger partial charge is 0.335 e. The Bertz CT molecular complexity index is 951. The highest BCUT2D eigenvalue weighted by Gasteiger charge is 2.33. The normalized spacial score (nSPS) is 13.1. The summed E-state index contributed by atoms with van der Waals surface area (Å²) in [5.74, 6) is 0.832. The van der Waals surface area contributed by atoms with Crippen LogP contribution >= 0.6 is 0 Å². The molecule has 0 saturated carbocycles. The Morgan fingerprint density at radius 1 is 1.26 bits per heavy atom. The molecule has 0 bridgehead atoms. The lowest BCUT2D eigenvalue weighted by atomic mass is 10.2. The molecule has 4 aromatic rings. The lowest BCUT2D eigenvalue weighted by Gasteiger charge is -1.90. The lowest BCUT2D eigenvalue weighted by Crippen LogP contribution is -2.31. The topological polar surface area (TPSA) is 47.2 Å². The van der Waals surface area contributed by atoms with Crippen molar-refractivity contribution < 1.29 is 8.98 Å². The van der Waals surface area contributed by atoms with Crippen LogP contribution in [-0.2, 0) is 6.54 Å². The summed E-state index contributed by atoms with van der Waals surface area (Å²) in [6.07, 6.45) is 5.40. The maximum absolute atomic E-state index is 5.97. The van der Waals surface area contributed by atoms with E-state index in [4.69, 9.17) is 4.42 Å². The van der Waals surface area contributed by atoms with Crippen molar-refractivity contribution in [3.05, 3.63) is 48.5 Å². The fourth-order valence-corrected chi connectivity index (χ4v) is 2.83. The first-order chi connectivity index (χ1) is 9.42. The van der Waals surface area contributed by atoms with E-state index in [1.54, 1.807) is 12.4 Å². The maximum Gasteiger partial charge on any atom is 0.335 e. The van der Waals surface area contributed by atoms with Crippen molar-refractivity contribution in [3.63, 3.8) is 0 Å². The Morgan fingerprint density at radius 3 is 3.26 bits per heavy atom. The highest BCUT2D eigenvalue weighted by Crippen LogP contribution is 2.30. The maximum atomic E-state index is 5.97. The van der Waals surface area contributed by atoms with Gasteiger partial charge in [-0.2, -0.15) is 8.97 Å². The van der Waals surface area contributed by atoms with Gasteiger partial charge in [0.05, 0.1) is 0 Å². The van der Waals surface area contributed by atoms with E-state index in [9.17, 15) is 0 Å². The Labute approximate surface area is 107 Å². The van der Waals surface area contributed by atoms with Crippen LogP contribution < -0.4 is 4.57 Å². The summed E-state index contributed by atoms with van der Waals surface area (Å²) in [7, 11) is 0. The first kappa shape index (κ1) is 9.27. The van der Waals surface area contributed by atoms with Crippen molar-refractivity contribution in [1.82, 2.24) is 14.4 Å². The minimum absolute atomic E-state index is 0.798. The Morgan fingerprint density at radius 2 is 2.26 bits per heavy atom. The quantitative estimate of drug-likeness (QED) is 0.393. The molecular formula is C14H9N4O+. The van der Waals surface area contributed by atoms with Gasteiger partial charge in [-0.1, -0.05) is 6.07 Å². The molecule has 0 amide bonds. The Hall–Kier alpha value is -2.69. The molecule has 0 radical (unpaired) electrons. The van der Waals surface area contributed by atoms with E-state index in [1.807, 2.05) is 28.9 Å². The molecule has 0 aromatic carbocycles. The molecule has 5 heterocycles. The van der Waals surface area contributed by atoms with Crippen LogP contribution in [0.5, 0.6) is 0 Å². The molecule has 19 heavy (non-hydrogen) atoms. The van der Waals surface area contributed by atoms with Gasteiger partial charge in [-0.25, -0.2) is 9.97 Å². The van der Waals surface area contributed by atoms with E-state index in [0.29, 0.717) is 0 Å². The van der Waals surface area contributed by atoms with Crippen LogP contribution in [0.25, 0.3) is 28.3 Å². The number of aromatic nitrogens is 4. The first-order valence-corrected chi connectivity index (χ1v) is 6.13. The van der Waals surface area contributed by atoms with E-state index < -0.39 is 0 Å². The summed E-state index contributed by atoms with van der Waals surface area (Å²) >= 11 is 0. The molecule has 0 fully saturated rings. The van der Waals surface area contributed by atoms with Gasteiger partial charge in [0, 0.05) is 30.1 Å². The van der Waals surface area contributed by atoms with Crippen LogP contribution in [-0.4, -0.2) is 14.4 Å². The number of hydrogen-bond donors (Lipinski definition) is 0. The molecule has 1 aliphatic rings. The van der Waals surface area contributed by atoms with E-state index in [0.717, 1.165) is 34.9 Å². The molecule has 0 unspecified atom stereocenters. The van der Waals surface area contributed by atoms with Crippen molar-refractivity contribution in [2.24, 2.45) is 0 Å². The van der Waals surface area contributed by atoms with Crippen LogP contribution in [0.1, 0.15) is 5.56 Å². The van der Waals surface area contributed by atoms with E-state index in [-0.39, 0.29) is 0 Å². The lowest BCUT2D eigenvalue weighted by molar-refractivity contribution is -0.651. The monoisotopic (exact) mass is 249 g/mol. The van der Waals surface area contributed by atoms with Crippen molar-refractivity contribution in [3.8, 4) is 11.6 Å². The van der Waals surface area contributed by atoms with Gasteiger partial charge >= 0.3 is 11.5 Å². The van der Waals surface area contributed by atoms with Gasteiger partial charge in [-0.15, -0.1) is 0 Å². The van der Waals surface area contributed by atoms with Crippen molar-refractivity contribution in [1.29, 1.82) is 0 Å². The third-order valence-corrected chi connectivity index (χ3v) is 3.65. The largest absolute Gasteiger partial charge is 0.412 e. The van der Waals surface area contributed by atoms with Crippen LogP contribution in [0.4, 0.5) is 0 Å². The Kier molecular flexibility index (Phi) is 1.46. The van der Waals surface area contributed by atoms with Crippen molar-refractivity contribution in [2.45, 2.75) is 6.54 Å². The van der Waals surface area contributed by atoms with Crippen LogP contribution in [0.2, 0.25) is 0 Å². The summed E-state index contributed by atoms with van der Waals surface area (Å²) in [6.45, 7) is 0.798. The summed E-state index contributed by atoms with van der Waals surface area (Å²) in [5.41, 5.74) is 5.14. The number of pyridine rings is 1. The summed E-state index contributed by atoms with van der Waals surface area (Å²) < 4.78 is 10.2. The standard InChI is InChI=1S/C14H9N4O/c1-2-9-7-17-13-11(19-14(17)12(9)16-4-1)6-10-3-5-15-8-18(10)13/h1-6,8H,7H2/q+1. The fraction of sp³-hybridized carbons (Fsp3) is 0.0714. The Balaban J connectivity index is 1.94. The number of oxazole rings is 1. The summed E-state index contributed by atoms with van der Waals surface area (Å²) in [4.78, 5) is 8.60. The van der Waals surface area contributed by atoms with Crippen LogP contribution in [0.3, 0.4) is 0 Å². The molecule has 5 nitrogen and oxygen atoms in total. The first-order valence-electron chi connectivity index (χ1n) is 6.13. The summed E-state index contributed by atoms with van der Waals surface area (Å²) in [5, 5.41) is 0. The predicted molar refractivity (Wildman–Crippen MR) is 67.5 cm³/mol. The second kappa shape index (κ2) is 3.00. The van der Waals surface area contributed by atoms with Gasteiger partial charge in [-0.05, 0) is 6.07 Å². The molecule has 0 aliphatic carbocycles. The average Bonchev–Trinajstić information content (AvgIpc) is 3.05. The van der Waals surface area contributed by atoms with E-state index in [2.05, 4.69) is 20.6 Å². The number of fused-ring (bicyclic) bond motifs is 7. The second-order valence-corrected chi connectivity index (χ2v) is 4.71. The minimum atomic E-state index is 0.798. The zero-order valence-electron chi connectivity index (χ0n) is 9.95. The van der Waals surface area contributed by atoms with Gasteiger partial charge in [0.1, 0.15) is 12.1 Å². The molecular weight excluding hydrogens is 240 g/mol. The zero-order chi connectivity index (χ0) is 12.4.